The van der Waals surface area contributed by atoms with Crippen LogP contribution in [-0.4, -0.2) is 64.3 Å². The van der Waals surface area contributed by atoms with Crippen LogP contribution in [0.5, 0.6) is 0 Å². The second-order valence-corrected chi connectivity index (χ2v) is 8.42. The number of anilines is 2. The largest absolute Gasteiger partial charge is 0.369 e. The number of likely N-dealkylation sites (tertiary alicyclic amines) is 2. The van der Waals surface area contributed by atoms with E-state index in [1.54, 1.807) is 6.20 Å². The Balaban J connectivity index is 1.22. The Kier molecular flexibility index (Phi) is 6.76. The molecule has 0 saturated carbocycles. The monoisotopic (exact) mass is 422 g/mol. The van der Waals surface area contributed by atoms with E-state index in [1.807, 2.05) is 35.4 Å². The average Bonchev–Trinajstić information content (AvgIpc) is 2.81. The van der Waals surface area contributed by atoms with Gasteiger partial charge in [0.2, 0.25) is 11.8 Å². The fourth-order valence-electron chi connectivity index (χ4n) is 4.40. The highest BCUT2D eigenvalue weighted by Crippen LogP contribution is 2.28. The van der Waals surface area contributed by atoms with Gasteiger partial charge < -0.3 is 16.0 Å². The number of nitrogens with two attached hydrogens (primary N) is 1. The molecule has 0 radical (unpaired) electrons. The first-order valence-corrected chi connectivity index (χ1v) is 11.0. The van der Waals surface area contributed by atoms with Crippen LogP contribution < -0.4 is 11.1 Å². The molecule has 0 spiro atoms. The standard InChI is InChI=1S/C23H30N6O2/c24-23(31)18-8-13-29(14-9-18)22(30)16-28-11-6-17(7-12-28)20-5-4-19(15-26-20)27-21-3-1-2-10-25-21/h1-5,10,15,17-18H,6-9,11-14,16H2,(H2,24,31)(H,25,27). The van der Waals surface area contributed by atoms with Gasteiger partial charge in [-0.2, -0.15) is 0 Å². The highest BCUT2D eigenvalue weighted by atomic mass is 16.2. The molecular weight excluding hydrogens is 392 g/mol. The number of amides is 2. The maximum Gasteiger partial charge on any atom is 0.236 e. The van der Waals surface area contributed by atoms with Crippen LogP contribution >= 0.6 is 0 Å². The van der Waals surface area contributed by atoms with Gasteiger partial charge in [-0.15, -0.1) is 0 Å². The maximum atomic E-state index is 12.6. The molecule has 2 aromatic heterocycles. The highest BCUT2D eigenvalue weighted by molar-refractivity contribution is 5.80. The SMILES string of the molecule is NC(=O)C1CCN(C(=O)CN2CCC(c3ccc(Nc4ccccn4)cn3)CC2)CC1. The van der Waals surface area contributed by atoms with Gasteiger partial charge in [0, 0.05) is 36.8 Å². The Morgan fingerprint density at radius 1 is 1.00 bits per heavy atom. The fourth-order valence-corrected chi connectivity index (χ4v) is 4.40. The summed E-state index contributed by atoms with van der Waals surface area (Å²) in [5.41, 5.74) is 7.40. The molecule has 0 bridgehead atoms. The van der Waals surface area contributed by atoms with E-state index in [4.69, 9.17) is 5.73 Å². The number of carbonyl (C=O) groups excluding carboxylic acids is 2. The Morgan fingerprint density at radius 3 is 2.39 bits per heavy atom. The molecule has 4 heterocycles. The van der Waals surface area contributed by atoms with Crippen molar-refractivity contribution in [2.45, 2.75) is 31.6 Å². The number of rotatable bonds is 6. The van der Waals surface area contributed by atoms with Crippen molar-refractivity contribution in [3.05, 3.63) is 48.4 Å². The first-order chi connectivity index (χ1) is 15.1. The Hall–Kier alpha value is -3.00. The molecule has 0 unspecified atom stereocenters. The van der Waals surface area contributed by atoms with Crippen LogP contribution in [0, 0.1) is 5.92 Å². The first-order valence-electron chi connectivity index (χ1n) is 11.0. The van der Waals surface area contributed by atoms with Crippen LogP contribution in [0.2, 0.25) is 0 Å². The topological polar surface area (TPSA) is 104 Å². The molecule has 2 fully saturated rings. The zero-order valence-corrected chi connectivity index (χ0v) is 17.7. The quantitative estimate of drug-likeness (QED) is 0.739. The van der Waals surface area contributed by atoms with Gasteiger partial charge in [0.25, 0.3) is 0 Å². The van der Waals surface area contributed by atoms with Crippen LogP contribution in [0.1, 0.15) is 37.3 Å². The van der Waals surface area contributed by atoms with Gasteiger partial charge >= 0.3 is 0 Å². The van der Waals surface area contributed by atoms with Gasteiger partial charge in [-0.1, -0.05) is 6.07 Å². The van der Waals surface area contributed by atoms with E-state index in [0.717, 1.165) is 43.1 Å². The van der Waals surface area contributed by atoms with E-state index < -0.39 is 0 Å². The Labute approximate surface area is 182 Å². The number of pyridine rings is 2. The number of aromatic nitrogens is 2. The third-order valence-electron chi connectivity index (χ3n) is 6.34. The second kappa shape index (κ2) is 9.87. The summed E-state index contributed by atoms with van der Waals surface area (Å²) in [6.07, 6.45) is 6.97. The summed E-state index contributed by atoms with van der Waals surface area (Å²) in [6.45, 7) is 3.50. The molecule has 0 atom stereocenters. The van der Waals surface area contributed by atoms with Crippen molar-refractivity contribution in [3.8, 4) is 0 Å². The van der Waals surface area contributed by atoms with Crippen LogP contribution in [0.4, 0.5) is 11.5 Å². The van der Waals surface area contributed by atoms with Crippen molar-refractivity contribution in [2.75, 3.05) is 38.0 Å². The fraction of sp³-hybridized carbons (Fsp3) is 0.478. The molecule has 2 amide bonds. The molecule has 8 nitrogen and oxygen atoms in total. The van der Waals surface area contributed by atoms with Gasteiger partial charge in [-0.05, 0) is 63.0 Å². The third kappa shape index (κ3) is 5.58. The lowest BCUT2D eigenvalue weighted by Crippen LogP contribution is -2.47. The van der Waals surface area contributed by atoms with Crippen molar-refractivity contribution < 1.29 is 9.59 Å². The number of primary amides is 1. The van der Waals surface area contributed by atoms with E-state index in [9.17, 15) is 9.59 Å². The molecule has 2 aliphatic rings. The second-order valence-electron chi connectivity index (χ2n) is 8.42. The average molecular weight is 423 g/mol. The van der Waals surface area contributed by atoms with Crippen molar-refractivity contribution in [1.82, 2.24) is 19.8 Å². The number of nitrogens with one attached hydrogen (secondary N) is 1. The molecule has 2 aromatic rings. The molecule has 164 valence electrons. The van der Waals surface area contributed by atoms with E-state index in [2.05, 4.69) is 26.3 Å². The Bertz CT molecular complexity index is 873. The predicted molar refractivity (Wildman–Crippen MR) is 119 cm³/mol. The van der Waals surface area contributed by atoms with Crippen LogP contribution in [0.25, 0.3) is 0 Å². The minimum absolute atomic E-state index is 0.0853. The molecule has 0 aliphatic carbocycles. The van der Waals surface area contributed by atoms with E-state index in [0.29, 0.717) is 38.4 Å². The van der Waals surface area contributed by atoms with Crippen molar-refractivity contribution in [3.63, 3.8) is 0 Å². The van der Waals surface area contributed by atoms with Crippen LogP contribution in [0.15, 0.2) is 42.7 Å². The van der Waals surface area contributed by atoms with Crippen LogP contribution in [-0.2, 0) is 9.59 Å². The summed E-state index contributed by atoms with van der Waals surface area (Å²) in [5.74, 6) is 1.04. The molecule has 8 heteroatoms. The van der Waals surface area contributed by atoms with E-state index >= 15 is 0 Å². The number of hydrogen-bond donors (Lipinski definition) is 2. The van der Waals surface area contributed by atoms with Crippen molar-refractivity contribution >= 4 is 23.3 Å². The molecule has 2 aliphatic heterocycles. The molecule has 31 heavy (non-hydrogen) atoms. The smallest absolute Gasteiger partial charge is 0.236 e. The first kappa shape index (κ1) is 21.2. The van der Waals surface area contributed by atoms with Gasteiger partial charge in [-0.25, -0.2) is 4.98 Å². The van der Waals surface area contributed by atoms with E-state index in [1.165, 1.54) is 0 Å². The van der Waals surface area contributed by atoms with Gasteiger partial charge in [0.05, 0.1) is 18.4 Å². The summed E-state index contributed by atoms with van der Waals surface area (Å²) >= 11 is 0. The van der Waals surface area contributed by atoms with Crippen molar-refractivity contribution in [1.29, 1.82) is 0 Å². The molecule has 3 N–H and O–H groups in total. The minimum atomic E-state index is -0.247. The lowest BCUT2D eigenvalue weighted by Gasteiger charge is -2.35. The minimum Gasteiger partial charge on any atom is -0.369 e. The van der Waals surface area contributed by atoms with Gasteiger partial charge in [0.15, 0.2) is 0 Å². The zero-order chi connectivity index (χ0) is 21.6. The molecule has 0 aromatic carbocycles. The highest BCUT2D eigenvalue weighted by Gasteiger charge is 2.28. The lowest BCUT2D eigenvalue weighted by molar-refractivity contribution is -0.136. The van der Waals surface area contributed by atoms with Gasteiger partial charge in [-0.3, -0.25) is 19.5 Å². The summed E-state index contributed by atoms with van der Waals surface area (Å²) in [5, 5.41) is 3.25. The summed E-state index contributed by atoms with van der Waals surface area (Å²) in [4.78, 5) is 37.0. The zero-order valence-electron chi connectivity index (χ0n) is 17.7. The molecule has 2 saturated heterocycles. The number of hydrogen-bond acceptors (Lipinski definition) is 6. The third-order valence-corrected chi connectivity index (χ3v) is 6.34. The number of carbonyl (C=O) groups is 2. The Morgan fingerprint density at radius 2 is 1.77 bits per heavy atom. The normalized spacial score (nSPS) is 18.6. The number of piperidine rings is 2. The predicted octanol–water partition coefficient (Wildman–Crippen LogP) is 2.12. The van der Waals surface area contributed by atoms with Crippen molar-refractivity contribution in [2.24, 2.45) is 11.7 Å². The maximum absolute atomic E-state index is 12.6. The summed E-state index contributed by atoms with van der Waals surface area (Å²) < 4.78 is 0. The lowest BCUT2D eigenvalue weighted by atomic mass is 9.93. The van der Waals surface area contributed by atoms with Gasteiger partial charge in [0.1, 0.15) is 5.82 Å². The molecular formula is C23H30N6O2. The van der Waals surface area contributed by atoms with E-state index in [-0.39, 0.29) is 17.7 Å². The summed E-state index contributed by atoms with van der Waals surface area (Å²) in [6, 6.07) is 9.88. The van der Waals surface area contributed by atoms with Crippen LogP contribution in [0.3, 0.4) is 0 Å². The summed E-state index contributed by atoms with van der Waals surface area (Å²) in [7, 11) is 0. The molecule has 4 rings (SSSR count). The number of nitrogens with zero attached hydrogens (tertiary/aromatic N) is 4.